The second-order valence-electron chi connectivity index (χ2n) is 14.8. The van der Waals surface area contributed by atoms with Crippen LogP contribution >= 0.6 is 0 Å². The summed E-state index contributed by atoms with van der Waals surface area (Å²) in [6.45, 7) is 4.68. The molecule has 1 aliphatic carbocycles. The molecule has 9 aromatic carbocycles. The maximum absolute atomic E-state index is 6.54. The molecule has 0 unspecified atom stereocenters. The van der Waals surface area contributed by atoms with E-state index in [2.05, 4.69) is 184 Å². The fourth-order valence-electron chi connectivity index (χ4n) is 9.25. The van der Waals surface area contributed by atoms with E-state index in [4.69, 9.17) is 4.42 Å². The molecule has 1 heteroatoms. The SMILES string of the molecule is CC1(C)c2ccccc2-c2cc(-c3ccc(-c4c5ccccc5c(-c5cccc6oc7ccc8ccccc8c7c56)c5ccccc45)cc3)ccc21. The molecule has 0 fully saturated rings. The van der Waals surface area contributed by atoms with Crippen molar-refractivity contribution in [1.29, 1.82) is 0 Å². The highest BCUT2D eigenvalue weighted by Gasteiger charge is 2.35. The van der Waals surface area contributed by atoms with Crippen LogP contribution in [0, 0.1) is 0 Å². The topological polar surface area (TPSA) is 13.1 Å². The maximum atomic E-state index is 6.54. The van der Waals surface area contributed by atoms with E-state index in [-0.39, 0.29) is 5.41 Å². The van der Waals surface area contributed by atoms with Crippen LogP contribution < -0.4 is 0 Å². The molecule has 0 aliphatic heterocycles. The third-order valence-electron chi connectivity index (χ3n) is 11.7. The van der Waals surface area contributed by atoms with Crippen molar-refractivity contribution in [2.24, 2.45) is 0 Å². The van der Waals surface area contributed by atoms with Gasteiger partial charge < -0.3 is 4.42 Å². The molecule has 0 N–H and O–H groups in total. The fourth-order valence-corrected chi connectivity index (χ4v) is 9.25. The normalized spacial score (nSPS) is 13.3. The van der Waals surface area contributed by atoms with E-state index in [9.17, 15) is 0 Å². The van der Waals surface area contributed by atoms with Crippen LogP contribution in [-0.4, -0.2) is 0 Å². The van der Waals surface area contributed by atoms with Crippen LogP contribution in [0.5, 0.6) is 0 Å². The van der Waals surface area contributed by atoms with Crippen molar-refractivity contribution in [2.75, 3.05) is 0 Å². The van der Waals surface area contributed by atoms with Gasteiger partial charge in [-0.25, -0.2) is 0 Å². The van der Waals surface area contributed by atoms with Gasteiger partial charge in [0, 0.05) is 16.2 Å². The number of furan rings is 1. The molecule has 0 bridgehead atoms. The Kier molecular flexibility index (Phi) is 6.08. The van der Waals surface area contributed by atoms with Crippen LogP contribution in [0.25, 0.3) is 98.8 Å². The molecule has 0 saturated carbocycles. The zero-order chi connectivity index (χ0) is 34.6. The van der Waals surface area contributed by atoms with Crippen molar-refractivity contribution in [3.05, 3.63) is 181 Å². The van der Waals surface area contributed by atoms with Crippen molar-refractivity contribution < 1.29 is 4.42 Å². The first-order valence-electron chi connectivity index (χ1n) is 18.2. The van der Waals surface area contributed by atoms with Crippen LogP contribution in [0.3, 0.4) is 0 Å². The van der Waals surface area contributed by atoms with E-state index in [1.54, 1.807) is 0 Å². The fraction of sp³-hybridized carbons (Fsp3) is 0.0588. The predicted molar refractivity (Wildman–Crippen MR) is 220 cm³/mol. The first-order valence-corrected chi connectivity index (χ1v) is 18.2. The van der Waals surface area contributed by atoms with Crippen LogP contribution in [0.2, 0.25) is 0 Å². The molecule has 10 aromatic rings. The zero-order valence-corrected chi connectivity index (χ0v) is 29.1. The van der Waals surface area contributed by atoms with Gasteiger partial charge >= 0.3 is 0 Å². The van der Waals surface area contributed by atoms with Gasteiger partial charge in [0.15, 0.2) is 0 Å². The third kappa shape index (κ3) is 4.05. The van der Waals surface area contributed by atoms with Crippen molar-refractivity contribution in [2.45, 2.75) is 19.3 Å². The molecule has 11 rings (SSSR count). The van der Waals surface area contributed by atoms with E-state index >= 15 is 0 Å². The van der Waals surface area contributed by atoms with E-state index in [0.29, 0.717) is 0 Å². The monoisotopic (exact) mass is 662 g/mol. The van der Waals surface area contributed by atoms with Gasteiger partial charge in [-0.15, -0.1) is 0 Å². The van der Waals surface area contributed by atoms with Gasteiger partial charge in [0.05, 0.1) is 0 Å². The molecule has 0 spiro atoms. The number of fused-ring (bicyclic) bond motifs is 10. The third-order valence-corrected chi connectivity index (χ3v) is 11.7. The van der Waals surface area contributed by atoms with E-state index < -0.39 is 0 Å². The molecule has 0 saturated heterocycles. The smallest absolute Gasteiger partial charge is 0.136 e. The van der Waals surface area contributed by atoms with Crippen molar-refractivity contribution >= 4 is 54.3 Å². The minimum absolute atomic E-state index is 0.00656. The summed E-state index contributed by atoms with van der Waals surface area (Å²) in [5, 5.41) is 9.74. The van der Waals surface area contributed by atoms with Crippen molar-refractivity contribution in [3.63, 3.8) is 0 Å². The van der Waals surface area contributed by atoms with Gasteiger partial charge in [-0.05, 0) is 106 Å². The number of hydrogen-bond donors (Lipinski definition) is 0. The van der Waals surface area contributed by atoms with Gasteiger partial charge in [0.1, 0.15) is 11.2 Å². The average Bonchev–Trinajstić information content (AvgIpc) is 3.69. The average molecular weight is 663 g/mol. The van der Waals surface area contributed by atoms with Gasteiger partial charge in [-0.3, -0.25) is 0 Å². The Morgan fingerprint density at radius 2 is 0.923 bits per heavy atom. The summed E-state index contributed by atoms with van der Waals surface area (Å²) in [5.41, 5.74) is 14.7. The van der Waals surface area contributed by atoms with Crippen molar-refractivity contribution in [3.8, 4) is 44.5 Å². The number of rotatable bonds is 3. The summed E-state index contributed by atoms with van der Waals surface area (Å²) < 4.78 is 6.54. The highest BCUT2D eigenvalue weighted by atomic mass is 16.3. The molecule has 1 aliphatic rings. The van der Waals surface area contributed by atoms with Crippen LogP contribution in [0.15, 0.2) is 174 Å². The lowest BCUT2D eigenvalue weighted by molar-refractivity contribution is 0.660. The first kappa shape index (κ1) is 29.3. The van der Waals surface area contributed by atoms with E-state index in [1.165, 1.54) is 98.7 Å². The maximum Gasteiger partial charge on any atom is 0.136 e. The van der Waals surface area contributed by atoms with Crippen LogP contribution in [-0.2, 0) is 5.41 Å². The Hall–Kier alpha value is -6.44. The Bertz CT molecular complexity index is 3030. The lowest BCUT2D eigenvalue weighted by atomic mass is 9.82. The summed E-state index contributed by atoms with van der Waals surface area (Å²) in [6, 6.07) is 62.4. The second kappa shape index (κ2) is 10.8. The minimum Gasteiger partial charge on any atom is -0.456 e. The second-order valence-corrected chi connectivity index (χ2v) is 14.8. The lowest BCUT2D eigenvalue weighted by Crippen LogP contribution is -2.14. The molecule has 0 atom stereocenters. The molecule has 1 aromatic heterocycles. The summed E-state index contributed by atoms with van der Waals surface area (Å²) >= 11 is 0. The summed E-state index contributed by atoms with van der Waals surface area (Å²) in [4.78, 5) is 0. The van der Waals surface area contributed by atoms with Crippen molar-refractivity contribution in [1.82, 2.24) is 0 Å². The first-order chi connectivity index (χ1) is 25.6. The van der Waals surface area contributed by atoms with E-state index in [0.717, 1.165) is 11.2 Å². The molecular formula is C51H34O. The minimum atomic E-state index is 0.00656. The van der Waals surface area contributed by atoms with Crippen LogP contribution in [0.1, 0.15) is 25.0 Å². The quantitative estimate of drug-likeness (QED) is 0.172. The van der Waals surface area contributed by atoms with Gasteiger partial charge in [0.2, 0.25) is 0 Å². The molecule has 244 valence electrons. The standard InChI is InChI=1S/C51H34O/c1-51(2)43-20-10-9-14-36(43)42-30-34(26-28-44(42)51)31-22-24-33(25-23-31)47-37-15-5-7-17-39(37)48(40-18-8-6-16-38(40)47)41-19-11-21-45-50(41)49-35-13-4-3-12-32(35)27-29-46(49)52-45/h3-30H,1-2H3. The Morgan fingerprint density at radius 3 is 1.67 bits per heavy atom. The van der Waals surface area contributed by atoms with Crippen LogP contribution in [0.4, 0.5) is 0 Å². The molecule has 0 amide bonds. The number of benzene rings is 9. The Morgan fingerprint density at radius 1 is 0.365 bits per heavy atom. The lowest BCUT2D eigenvalue weighted by Gasteiger charge is -2.21. The van der Waals surface area contributed by atoms with E-state index in [1.807, 2.05) is 0 Å². The summed E-state index contributed by atoms with van der Waals surface area (Å²) in [7, 11) is 0. The summed E-state index contributed by atoms with van der Waals surface area (Å²) in [5.74, 6) is 0. The Balaban J connectivity index is 1.11. The summed E-state index contributed by atoms with van der Waals surface area (Å²) in [6.07, 6.45) is 0. The molecule has 0 radical (unpaired) electrons. The largest absolute Gasteiger partial charge is 0.456 e. The molecule has 1 heterocycles. The highest BCUT2D eigenvalue weighted by molar-refractivity contribution is 6.28. The Labute approximate surface area is 302 Å². The molecule has 52 heavy (non-hydrogen) atoms. The zero-order valence-electron chi connectivity index (χ0n) is 29.1. The van der Waals surface area contributed by atoms with Gasteiger partial charge in [0.25, 0.3) is 0 Å². The molecular weight excluding hydrogens is 629 g/mol. The van der Waals surface area contributed by atoms with Gasteiger partial charge in [-0.2, -0.15) is 0 Å². The molecule has 1 nitrogen and oxygen atoms in total. The van der Waals surface area contributed by atoms with Gasteiger partial charge in [-0.1, -0.05) is 166 Å². The predicted octanol–water partition coefficient (Wildman–Crippen LogP) is 14.4. The number of hydrogen-bond acceptors (Lipinski definition) is 1. The highest BCUT2D eigenvalue weighted by Crippen LogP contribution is 2.50.